The number of aromatic nitrogens is 2. The van der Waals surface area contributed by atoms with Gasteiger partial charge in [0.2, 0.25) is 5.88 Å². The lowest BCUT2D eigenvalue weighted by molar-refractivity contribution is 0.104. The lowest BCUT2D eigenvalue weighted by atomic mass is 10.2. The first-order valence-electron chi connectivity index (χ1n) is 7.99. The third kappa shape index (κ3) is 4.45. The Kier molecular flexibility index (Phi) is 6.67. The maximum Gasteiger partial charge on any atom is 0.242 e. The molecule has 0 spiro atoms. The van der Waals surface area contributed by atoms with E-state index in [9.17, 15) is 0 Å². The SMILES string of the molecule is CCOCCCNc1nc(C2CCCO2)nc(OCC)c1N. The van der Waals surface area contributed by atoms with Crippen LogP contribution in [-0.4, -0.2) is 42.9 Å². The average Bonchev–Trinajstić information content (AvgIpc) is 3.05. The van der Waals surface area contributed by atoms with Gasteiger partial charge in [0, 0.05) is 26.4 Å². The van der Waals surface area contributed by atoms with Crippen molar-refractivity contribution in [2.24, 2.45) is 0 Å². The van der Waals surface area contributed by atoms with Crippen LogP contribution in [0.5, 0.6) is 5.88 Å². The number of nitrogens with one attached hydrogen (secondary N) is 1. The Hall–Kier alpha value is -1.60. The Bertz CT molecular complexity index is 464. The zero-order valence-electron chi connectivity index (χ0n) is 13.4. The second-order valence-corrected chi connectivity index (χ2v) is 5.06. The van der Waals surface area contributed by atoms with Crippen molar-refractivity contribution in [2.45, 2.75) is 39.2 Å². The van der Waals surface area contributed by atoms with Crippen LogP contribution in [0.1, 0.15) is 45.0 Å². The highest BCUT2D eigenvalue weighted by Gasteiger charge is 2.23. The molecule has 0 amide bonds. The van der Waals surface area contributed by atoms with Crippen molar-refractivity contribution >= 4 is 11.5 Å². The van der Waals surface area contributed by atoms with Gasteiger partial charge in [-0.1, -0.05) is 0 Å². The predicted molar refractivity (Wildman–Crippen MR) is 85.1 cm³/mol. The zero-order valence-corrected chi connectivity index (χ0v) is 13.4. The summed E-state index contributed by atoms with van der Waals surface area (Å²) >= 11 is 0. The number of nitrogens with zero attached hydrogens (tertiary/aromatic N) is 2. The number of anilines is 2. The van der Waals surface area contributed by atoms with Gasteiger partial charge in [-0.2, -0.15) is 4.98 Å². The van der Waals surface area contributed by atoms with E-state index in [0.717, 1.165) is 39.0 Å². The van der Waals surface area contributed by atoms with E-state index in [0.29, 0.717) is 36.4 Å². The molecule has 1 aliphatic rings. The lowest BCUT2D eigenvalue weighted by Gasteiger charge is -2.16. The molecule has 1 aliphatic heterocycles. The van der Waals surface area contributed by atoms with E-state index in [-0.39, 0.29) is 6.10 Å². The standard InChI is InChI=1S/C15H26N4O3/c1-3-20-9-6-8-17-14-12(16)15(21-4-2)19-13(18-14)11-7-5-10-22-11/h11H,3-10,16H2,1-2H3,(H,17,18,19). The average molecular weight is 310 g/mol. The molecule has 3 N–H and O–H groups in total. The first-order chi connectivity index (χ1) is 10.8. The molecule has 1 aromatic rings. The molecule has 0 bridgehead atoms. The van der Waals surface area contributed by atoms with Gasteiger partial charge in [0.05, 0.1) is 6.61 Å². The quantitative estimate of drug-likeness (QED) is 0.675. The Morgan fingerprint density at radius 2 is 2.18 bits per heavy atom. The van der Waals surface area contributed by atoms with Crippen LogP contribution in [-0.2, 0) is 9.47 Å². The first-order valence-corrected chi connectivity index (χ1v) is 7.99. The van der Waals surface area contributed by atoms with Crippen molar-refractivity contribution < 1.29 is 14.2 Å². The van der Waals surface area contributed by atoms with Crippen molar-refractivity contribution in [2.75, 3.05) is 44.0 Å². The monoisotopic (exact) mass is 310 g/mol. The van der Waals surface area contributed by atoms with E-state index in [1.165, 1.54) is 0 Å². The molecule has 0 aliphatic carbocycles. The zero-order chi connectivity index (χ0) is 15.8. The van der Waals surface area contributed by atoms with Gasteiger partial charge in [-0.25, -0.2) is 4.98 Å². The molecule has 7 heteroatoms. The maximum absolute atomic E-state index is 6.09. The van der Waals surface area contributed by atoms with Gasteiger partial charge in [0.25, 0.3) is 0 Å². The number of hydrogen-bond donors (Lipinski definition) is 2. The van der Waals surface area contributed by atoms with Crippen LogP contribution in [0.4, 0.5) is 11.5 Å². The summed E-state index contributed by atoms with van der Waals surface area (Å²) in [5.41, 5.74) is 6.54. The number of nitrogens with two attached hydrogens (primary N) is 1. The molecule has 0 saturated carbocycles. The number of nitrogen functional groups attached to an aromatic ring is 1. The largest absolute Gasteiger partial charge is 0.476 e. The molecular weight excluding hydrogens is 284 g/mol. The van der Waals surface area contributed by atoms with Gasteiger partial charge in [-0.15, -0.1) is 0 Å². The second kappa shape index (κ2) is 8.75. The van der Waals surface area contributed by atoms with Crippen molar-refractivity contribution in [3.05, 3.63) is 5.82 Å². The fraction of sp³-hybridized carbons (Fsp3) is 0.733. The van der Waals surface area contributed by atoms with Crippen LogP contribution in [0.2, 0.25) is 0 Å². The van der Waals surface area contributed by atoms with Crippen LogP contribution in [0, 0.1) is 0 Å². The minimum Gasteiger partial charge on any atom is -0.476 e. The molecular formula is C15H26N4O3. The number of rotatable bonds is 9. The molecule has 1 fully saturated rings. The highest BCUT2D eigenvalue weighted by Crippen LogP contribution is 2.32. The van der Waals surface area contributed by atoms with Crippen molar-refractivity contribution in [3.8, 4) is 5.88 Å². The molecule has 124 valence electrons. The van der Waals surface area contributed by atoms with Crippen molar-refractivity contribution in [1.29, 1.82) is 0 Å². The highest BCUT2D eigenvalue weighted by molar-refractivity contribution is 5.67. The summed E-state index contributed by atoms with van der Waals surface area (Å²) in [4.78, 5) is 8.94. The minimum absolute atomic E-state index is 0.0659. The summed E-state index contributed by atoms with van der Waals surface area (Å²) in [5.74, 6) is 1.68. The maximum atomic E-state index is 6.09. The molecule has 0 radical (unpaired) electrons. The number of ether oxygens (including phenoxy) is 3. The van der Waals surface area contributed by atoms with Crippen molar-refractivity contribution in [1.82, 2.24) is 9.97 Å². The molecule has 1 saturated heterocycles. The van der Waals surface area contributed by atoms with Crippen LogP contribution < -0.4 is 15.8 Å². The van der Waals surface area contributed by atoms with Gasteiger partial charge in [0.15, 0.2) is 11.6 Å². The normalized spacial score (nSPS) is 17.6. The van der Waals surface area contributed by atoms with Gasteiger partial charge in [-0.3, -0.25) is 0 Å². The van der Waals surface area contributed by atoms with E-state index in [1.54, 1.807) is 0 Å². The first kappa shape index (κ1) is 16.8. The Morgan fingerprint density at radius 3 is 2.86 bits per heavy atom. The molecule has 1 unspecified atom stereocenters. The Balaban J connectivity index is 2.08. The summed E-state index contributed by atoms with van der Waals surface area (Å²) in [5, 5.41) is 3.24. The van der Waals surface area contributed by atoms with Gasteiger partial charge >= 0.3 is 0 Å². The summed E-state index contributed by atoms with van der Waals surface area (Å²) in [6.07, 6.45) is 2.78. The Morgan fingerprint density at radius 1 is 1.32 bits per heavy atom. The van der Waals surface area contributed by atoms with Crippen LogP contribution >= 0.6 is 0 Å². The lowest BCUT2D eigenvalue weighted by Crippen LogP contribution is -2.14. The third-order valence-corrected chi connectivity index (χ3v) is 3.39. The highest BCUT2D eigenvalue weighted by atomic mass is 16.5. The van der Waals surface area contributed by atoms with E-state index in [2.05, 4.69) is 15.3 Å². The molecule has 2 heterocycles. The second-order valence-electron chi connectivity index (χ2n) is 5.06. The van der Waals surface area contributed by atoms with E-state index < -0.39 is 0 Å². The molecule has 7 nitrogen and oxygen atoms in total. The summed E-state index contributed by atoms with van der Waals surface area (Å²) < 4.78 is 16.5. The van der Waals surface area contributed by atoms with Crippen LogP contribution in [0.25, 0.3) is 0 Å². The molecule has 2 rings (SSSR count). The summed E-state index contributed by atoms with van der Waals surface area (Å²) in [6, 6.07) is 0. The fourth-order valence-electron chi connectivity index (χ4n) is 2.30. The number of hydrogen-bond acceptors (Lipinski definition) is 7. The third-order valence-electron chi connectivity index (χ3n) is 3.39. The smallest absolute Gasteiger partial charge is 0.242 e. The molecule has 22 heavy (non-hydrogen) atoms. The van der Waals surface area contributed by atoms with Gasteiger partial charge in [-0.05, 0) is 33.1 Å². The fourth-order valence-corrected chi connectivity index (χ4v) is 2.30. The molecule has 1 aromatic heterocycles. The van der Waals surface area contributed by atoms with Crippen LogP contribution in [0.15, 0.2) is 0 Å². The van der Waals surface area contributed by atoms with E-state index >= 15 is 0 Å². The molecule has 0 aromatic carbocycles. The summed E-state index contributed by atoms with van der Waals surface area (Å²) in [7, 11) is 0. The molecule has 1 atom stereocenters. The van der Waals surface area contributed by atoms with E-state index in [4.69, 9.17) is 19.9 Å². The predicted octanol–water partition coefficient (Wildman–Crippen LogP) is 2.15. The van der Waals surface area contributed by atoms with Gasteiger partial charge in [0.1, 0.15) is 11.8 Å². The van der Waals surface area contributed by atoms with Crippen LogP contribution in [0.3, 0.4) is 0 Å². The van der Waals surface area contributed by atoms with E-state index in [1.807, 2.05) is 13.8 Å². The Labute approximate surface area is 131 Å². The minimum atomic E-state index is -0.0659. The topological polar surface area (TPSA) is 91.5 Å². The van der Waals surface area contributed by atoms with Gasteiger partial charge < -0.3 is 25.3 Å². The van der Waals surface area contributed by atoms with Crippen molar-refractivity contribution in [3.63, 3.8) is 0 Å². The summed E-state index contributed by atoms with van der Waals surface area (Å²) in [6.45, 7) is 7.33.